The van der Waals surface area contributed by atoms with E-state index in [2.05, 4.69) is 16.2 Å². The summed E-state index contributed by atoms with van der Waals surface area (Å²) < 4.78 is 27.7. The maximum atomic E-state index is 12.2. The third-order valence-electron chi connectivity index (χ3n) is 4.18. The van der Waals surface area contributed by atoms with Gasteiger partial charge in [-0.05, 0) is 30.2 Å². The Balaban J connectivity index is 1.49. The summed E-state index contributed by atoms with van der Waals surface area (Å²) in [6, 6.07) is 14.5. The highest BCUT2D eigenvalue weighted by atomic mass is 32.2. The highest BCUT2D eigenvalue weighted by molar-refractivity contribution is 7.89. The van der Waals surface area contributed by atoms with Crippen LogP contribution in [0.4, 0.5) is 5.69 Å². The van der Waals surface area contributed by atoms with Gasteiger partial charge in [0.2, 0.25) is 10.0 Å². The Kier molecular flexibility index (Phi) is 6.05. The van der Waals surface area contributed by atoms with Gasteiger partial charge in [0.15, 0.2) is 6.61 Å². The molecule has 1 amide bonds. The van der Waals surface area contributed by atoms with Crippen LogP contribution in [0.1, 0.15) is 18.0 Å². The molecule has 0 bridgehead atoms. The normalized spacial score (nSPS) is 19.2. The summed E-state index contributed by atoms with van der Waals surface area (Å²) in [5, 5.41) is 7.52. The molecule has 0 aromatic heterocycles. The molecular weight excluding hydrogens is 384 g/mol. The van der Waals surface area contributed by atoms with Gasteiger partial charge < -0.3 is 10.1 Å². The zero-order valence-electron chi connectivity index (χ0n) is 14.8. The van der Waals surface area contributed by atoms with Crippen molar-refractivity contribution in [1.29, 1.82) is 0 Å². The molecule has 3 rings (SSSR count). The van der Waals surface area contributed by atoms with E-state index in [1.165, 1.54) is 24.3 Å². The molecule has 0 aliphatic carbocycles. The number of benzene rings is 2. The molecule has 148 valence electrons. The lowest BCUT2D eigenvalue weighted by atomic mass is 10.0. The topological polar surface area (TPSA) is 140 Å². The summed E-state index contributed by atoms with van der Waals surface area (Å²) in [6.45, 7) is -0.493. The summed E-state index contributed by atoms with van der Waals surface area (Å²) in [5.74, 6) is -1.15. The Bertz CT molecular complexity index is 965. The highest BCUT2D eigenvalue weighted by Crippen LogP contribution is 2.22. The van der Waals surface area contributed by atoms with Crippen LogP contribution in [-0.2, 0) is 24.3 Å². The lowest BCUT2D eigenvalue weighted by Gasteiger charge is -2.11. The van der Waals surface area contributed by atoms with E-state index in [9.17, 15) is 18.0 Å². The summed E-state index contributed by atoms with van der Waals surface area (Å²) in [5.41, 5.74) is 7.17. The Morgan fingerprint density at radius 1 is 1.11 bits per heavy atom. The van der Waals surface area contributed by atoms with Gasteiger partial charge in [-0.1, -0.05) is 36.4 Å². The molecule has 0 radical (unpaired) electrons. The number of esters is 1. The monoisotopic (exact) mass is 404 g/mol. The number of nitrogens with two attached hydrogens (primary N) is 1. The highest BCUT2D eigenvalue weighted by Gasteiger charge is 2.31. The zero-order chi connectivity index (χ0) is 20.1. The second kappa shape index (κ2) is 8.48. The molecular formula is C18H20N4O5S. The minimum atomic E-state index is -3.88. The van der Waals surface area contributed by atoms with Gasteiger partial charge in [-0.3, -0.25) is 9.59 Å². The first-order chi connectivity index (χ1) is 13.3. The van der Waals surface area contributed by atoms with Gasteiger partial charge in [-0.2, -0.15) is 0 Å². The van der Waals surface area contributed by atoms with Crippen molar-refractivity contribution in [2.45, 2.75) is 23.4 Å². The number of hydrazine groups is 1. The summed E-state index contributed by atoms with van der Waals surface area (Å²) in [6.07, 6.45) is 0.487. The predicted molar refractivity (Wildman–Crippen MR) is 101 cm³/mol. The molecule has 1 aliphatic rings. The van der Waals surface area contributed by atoms with E-state index in [4.69, 9.17) is 9.88 Å². The Morgan fingerprint density at radius 3 is 2.57 bits per heavy atom. The third-order valence-corrected chi connectivity index (χ3v) is 5.09. The molecule has 1 aliphatic heterocycles. The molecule has 1 saturated heterocycles. The van der Waals surface area contributed by atoms with Crippen molar-refractivity contribution in [3.63, 3.8) is 0 Å². The van der Waals surface area contributed by atoms with E-state index in [-0.39, 0.29) is 16.6 Å². The van der Waals surface area contributed by atoms with Gasteiger partial charge in [0.05, 0.1) is 4.90 Å². The van der Waals surface area contributed by atoms with Crippen LogP contribution in [0.3, 0.4) is 0 Å². The number of carbonyl (C=O) groups is 2. The number of anilines is 1. The molecule has 10 heteroatoms. The van der Waals surface area contributed by atoms with Crippen LogP contribution in [0, 0.1) is 0 Å². The van der Waals surface area contributed by atoms with Crippen LogP contribution in [0.25, 0.3) is 0 Å². The quantitative estimate of drug-likeness (QED) is 0.512. The summed E-state index contributed by atoms with van der Waals surface area (Å²) in [7, 11) is -3.88. The van der Waals surface area contributed by atoms with E-state index in [0.717, 1.165) is 5.56 Å². The fraction of sp³-hybridized carbons (Fsp3) is 0.222. The first-order valence-corrected chi connectivity index (χ1v) is 10.0. The van der Waals surface area contributed by atoms with E-state index in [1.807, 2.05) is 30.3 Å². The molecule has 2 atom stereocenters. The van der Waals surface area contributed by atoms with Gasteiger partial charge in [0.1, 0.15) is 6.04 Å². The number of primary sulfonamides is 1. The second-order valence-corrected chi connectivity index (χ2v) is 7.83. The van der Waals surface area contributed by atoms with E-state index in [0.29, 0.717) is 6.42 Å². The predicted octanol–water partition coefficient (Wildman–Crippen LogP) is 0.423. The van der Waals surface area contributed by atoms with Crippen molar-refractivity contribution < 1.29 is 22.7 Å². The largest absolute Gasteiger partial charge is 0.454 e. The fourth-order valence-corrected chi connectivity index (χ4v) is 3.36. The van der Waals surface area contributed by atoms with Crippen molar-refractivity contribution in [2.75, 3.05) is 11.9 Å². The average Bonchev–Trinajstić information content (AvgIpc) is 3.17. The van der Waals surface area contributed by atoms with Gasteiger partial charge >= 0.3 is 5.97 Å². The maximum absolute atomic E-state index is 12.2. The first-order valence-electron chi connectivity index (χ1n) is 8.48. The summed E-state index contributed by atoms with van der Waals surface area (Å²) >= 11 is 0. The average molecular weight is 404 g/mol. The van der Waals surface area contributed by atoms with Gasteiger partial charge in [0.25, 0.3) is 5.91 Å². The number of nitrogens with one attached hydrogen (secondary N) is 3. The Labute approximate surface area is 162 Å². The molecule has 2 aromatic carbocycles. The van der Waals surface area contributed by atoms with Crippen LogP contribution in [0.15, 0.2) is 59.5 Å². The number of amides is 1. The molecule has 0 spiro atoms. The number of hydrogen-bond donors (Lipinski definition) is 4. The van der Waals surface area contributed by atoms with Gasteiger partial charge in [-0.25, -0.2) is 24.4 Å². The zero-order valence-corrected chi connectivity index (χ0v) is 15.6. The SMILES string of the molecule is NS(=O)(=O)c1cccc(NC(=O)COC(=O)C2CC(c3ccccc3)NN2)c1. The van der Waals surface area contributed by atoms with Crippen molar-refractivity contribution >= 4 is 27.6 Å². The molecule has 9 nitrogen and oxygen atoms in total. The fourth-order valence-electron chi connectivity index (χ4n) is 2.80. The standard InChI is InChI=1S/C18H20N4O5S/c19-28(25,26)14-8-4-7-13(9-14)20-17(23)11-27-18(24)16-10-15(21-22-16)12-5-2-1-3-6-12/h1-9,15-16,21-22H,10-11H2,(H,20,23)(H2,19,25,26). The molecule has 0 saturated carbocycles. The summed E-state index contributed by atoms with van der Waals surface area (Å²) in [4.78, 5) is 24.0. The van der Waals surface area contributed by atoms with Crippen LogP contribution < -0.4 is 21.3 Å². The van der Waals surface area contributed by atoms with E-state index in [1.54, 1.807) is 0 Å². The minimum absolute atomic E-state index is 0.0338. The van der Waals surface area contributed by atoms with Gasteiger partial charge in [0, 0.05) is 11.7 Å². The van der Waals surface area contributed by atoms with E-state index >= 15 is 0 Å². The maximum Gasteiger partial charge on any atom is 0.325 e. The molecule has 2 aromatic rings. The van der Waals surface area contributed by atoms with Crippen molar-refractivity contribution in [2.24, 2.45) is 5.14 Å². The molecule has 5 N–H and O–H groups in total. The van der Waals surface area contributed by atoms with Gasteiger partial charge in [-0.15, -0.1) is 0 Å². The lowest BCUT2D eigenvalue weighted by Crippen LogP contribution is -2.38. The number of sulfonamides is 1. The number of carbonyl (C=O) groups excluding carboxylic acids is 2. The van der Waals surface area contributed by atoms with Crippen LogP contribution in [-0.4, -0.2) is 32.9 Å². The third kappa shape index (κ3) is 5.14. The second-order valence-electron chi connectivity index (χ2n) is 6.27. The van der Waals surface area contributed by atoms with Crippen molar-refractivity contribution in [3.8, 4) is 0 Å². The van der Waals surface area contributed by atoms with Crippen LogP contribution in [0.5, 0.6) is 0 Å². The Morgan fingerprint density at radius 2 is 1.86 bits per heavy atom. The number of hydrogen-bond acceptors (Lipinski definition) is 7. The minimum Gasteiger partial charge on any atom is -0.454 e. The molecule has 1 heterocycles. The smallest absolute Gasteiger partial charge is 0.325 e. The molecule has 28 heavy (non-hydrogen) atoms. The first kappa shape index (κ1) is 20.0. The molecule has 2 unspecified atom stereocenters. The number of ether oxygens (including phenoxy) is 1. The van der Waals surface area contributed by atoms with Crippen LogP contribution in [0.2, 0.25) is 0 Å². The Hall–Kier alpha value is -2.79. The van der Waals surface area contributed by atoms with E-state index < -0.39 is 34.5 Å². The lowest BCUT2D eigenvalue weighted by molar-refractivity contribution is -0.149. The van der Waals surface area contributed by atoms with Crippen molar-refractivity contribution in [3.05, 3.63) is 60.2 Å². The van der Waals surface area contributed by atoms with Crippen molar-refractivity contribution in [1.82, 2.24) is 10.9 Å². The molecule has 1 fully saturated rings. The van der Waals surface area contributed by atoms with Crippen LogP contribution >= 0.6 is 0 Å². The number of rotatable bonds is 6.